The Bertz CT molecular complexity index is 1550. The highest BCUT2D eigenvalue weighted by atomic mass is 32.1. The number of aryl methyl sites for hydroxylation is 1. The molecule has 0 fully saturated rings. The van der Waals surface area contributed by atoms with Gasteiger partial charge in [-0.3, -0.25) is 9.36 Å². The highest BCUT2D eigenvalue weighted by molar-refractivity contribution is 7.17. The van der Waals surface area contributed by atoms with E-state index in [1.165, 1.54) is 39.7 Å². The lowest BCUT2D eigenvalue weighted by Crippen LogP contribution is -2.39. The number of benzene rings is 2. The molecular weight excluding hydrogens is 431 g/mol. The molecule has 32 heavy (non-hydrogen) atoms. The van der Waals surface area contributed by atoms with Crippen LogP contribution in [0.5, 0.6) is 0 Å². The molecule has 2 aromatic carbocycles. The Balaban J connectivity index is 1.60. The van der Waals surface area contributed by atoms with Crippen molar-refractivity contribution >= 4 is 21.6 Å². The number of hydrogen-bond donors (Lipinski definition) is 0. The Hall–Kier alpha value is -3.85. The molecule has 9 heteroatoms. The molecule has 0 amide bonds. The van der Waals surface area contributed by atoms with E-state index >= 15 is 0 Å². The van der Waals surface area contributed by atoms with Gasteiger partial charge in [0.15, 0.2) is 0 Å². The molecule has 5 rings (SSSR count). The molecule has 3 aromatic heterocycles. The summed E-state index contributed by atoms with van der Waals surface area (Å²) in [5.74, 6) is -0.0580. The fourth-order valence-electron chi connectivity index (χ4n) is 3.55. The van der Waals surface area contributed by atoms with Gasteiger partial charge in [-0.15, -0.1) is 11.3 Å². The van der Waals surface area contributed by atoms with E-state index in [9.17, 15) is 14.0 Å². The number of para-hydroxylation sites is 1. The minimum atomic E-state index is -0.682. The van der Waals surface area contributed by atoms with Crippen molar-refractivity contribution in [2.24, 2.45) is 0 Å². The van der Waals surface area contributed by atoms with Crippen LogP contribution in [0.25, 0.3) is 27.3 Å². The fraction of sp³-hybridized carbons (Fsp3) is 0.130. The standard InChI is InChI=1S/C23H17FN4O3S/c1-2-14-7-9-15(10-8-14)21-25-19(31-26-21)13-27-18-11-12-32-20(18)22(29)28(23(27)30)17-6-4-3-5-16(17)24/h3-12H,2,13H2,1H3. The molecule has 0 aliphatic heterocycles. The van der Waals surface area contributed by atoms with E-state index in [1.54, 1.807) is 17.5 Å². The van der Waals surface area contributed by atoms with Crippen molar-refractivity contribution in [2.75, 3.05) is 0 Å². The van der Waals surface area contributed by atoms with Gasteiger partial charge in [0.05, 0.1) is 11.2 Å². The molecule has 0 aliphatic carbocycles. The van der Waals surface area contributed by atoms with Crippen LogP contribution in [0.3, 0.4) is 0 Å². The van der Waals surface area contributed by atoms with Crippen molar-refractivity contribution in [1.29, 1.82) is 0 Å². The van der Waals surface area contributed by atoms with Gasteiger partial charge in [-0.05, 0) is 35.6 Å². The summed E-state index contributed by atoms with van der Waals surface area (Å²) in [6.07, 6.45) is 0.926. The Labute approximate surface area is 185 Å². The average Bonchev–Trinajstić information content (AvgIpc) is 3.48. The summed E-state index contributed by atoms with van der Waals surface area (Å²) >= 11 is 1.19. The van der Waals surface area contributed by atoms with Crippen molar-refractivity contribution in [2.45, 2.75) is 19.9 Å². The second-order valence-corrected chi connectivity index (χ2v) is 8.07. The summed E-state index contributed by atoms with van der Waals surface area (Å²) in [4.78, 5) is 30.6. The normalized spacial score (nSPS) is 11.3. The van der Waals surface area contributed by atoms with Crippen molar-refractivity contribution < 1.29 is 8.91 Å². The maximum absolute atomic E-state index is 14.4. The van der Waals surface area contributed by atoms with Gasteiger partial charge < -0.3 is 4.52 Å². The zero-order chi connectivity index (χ0) is 22.2. The lowest BCUT2D eigenvalue weighted by atomic mass is 10.1. The highest BCUT2D eigenvalue weighted by Gasteiger charge is 2.19. The summed E-state index contributed by atoms with van der Waals surface area (Å²) < 4.78 is 22.3. The van der Waals surface area contributed by atoms with E-state index in [2.05, 4.69) is 17.1 Å². The van der Waals surface area contributed by atoms with Crippen LogP contribution in [-0.4, -0.2) is 19.3 Å². The first-order valence-corrected chi connectivity index (χ1v) is 10.8. The van der Waals surface area contributed by atoms with Gasteiger partial charge >= 0.3 is 5.69 Å². The Kier molecular flexibility index (Phi) is 5.02. The Morgan fingerprint density at radius 2 is 1.84 bits per heavy atom. The predicted octanol–water partition coefficient (Wildman–Crippen LogP) is 4.01. The minimum absolute atomic E-state index is 0.0547. The smallest absolute Gasteiger partial charge is 0.336 e. The van der Waals surface area contributed by atoms with Crippen molar-refractivity contribution in [3.8, 4) is 17.1 Å². The largest absolute Gasteiger partial charge is 0.337 e. The lowest BCUT2D eigenvalue weighted by molar-refractivity contribution is 0.370. The van der Waals surface area contributed by atoms with Crippen LogP contribution in [0.15, 0.2) is 74.1 Å². The van der Waals surface area contributed by atoms with E-state index in [1.807, 2.05) is 24.3 Å². The third-order valence-corrected chi connectivity index (χ3v) is 6.12. The minimum Gasteiger partial charge on any atom is -0.337 e. The van der Waals surface area contributed by atoms with Crippen molar-refractivity contribution in [3.63, 3.8) is 0 Å². The molecular formula is C23H17FN4O3S. The third-order valence-electron chi connectivity index (χ3n) is 5.23. The van der Waals surface area contributed by atoms with Crippen LogP contribution < -0.4 is 11.2 Å². The fourth-order valence-corrected chi connectivity index (χ4v) is 4.37. The Morgan fingerprint density at radius 3 is 2.59 bits per heavy atom. The topological polar surface area (TPSA) is 82.9 Å². The van der Waals surface area contributed by atoms with Crippen LogP contribution in [0.1, 0.15) is 18.4 Å². The number of aromatic nitrogens is 4. The van der Waals surface area contributed by atoms with E-state index < -0.39 is 17.1 Å². The number of nitrogens with zero attached hydrogens (tertiary/aromatic N) is 4. The molecule has 0 N–H and O–H groups in total. The quantitative estimate of drug-likeness (QED) is 0.406. The van der Waals surface area contributed by atoms with E-state index in [0.717, 1.165) is 16.6 Å². The van der Waals surface area contributed by atoms with Gasteiger partial charge in [-0.1, -0.05) is 48.5 Å². The second-order valence-electron chi connectivity index (χ2n) is 7.16. The number of hydrogen-bond acceptors (Lipinski definition) is 6. The van der Waals surface area contributed by atoms with Crippen LogP contribution in [0.2, 0.25) is 0 Å². The van der Waals surface area contributed by atoms with Crippen LogP contribution >= 0.6 is 11.3 Å². The molecule has 0 saturated carbocycles. The molecule has 0 aliphatic rings. The van der Waals surface area contributed by atoms with E-state index in [-0.39, 0.29) is 18.1 Å². The molecule has 3 heterocycles. The highest BCUT2D eigenvalue weighted by Crippen LogP contribution is 2.20. The zero-order valence-corrected chi connectivity index (χ0v) is 17.8. The van der Waals surface area contributed by atoms with Crippen LogP contribution in [-0.2, 0) is 13.0 Å². The Morgan fingerprint density at radius 1 is 1.06 bits per heavy atom. The summed E-state index contributed by atoms with van der Waals surface area (Å²) in [6, 6.07) is 15.2. The van der Waals surface area contributed by atoms with Crippen molar-refractivity contribution in [3.05, 3.63) is 98.1 Å². The summed E-state index contributed by atoms with van der Waals surface area (Å²) in [5, 5.41) is 5.73. The number of fused-ring (bicyclic) bond motifs is 1. The van der Waals surface area contributed by atoms with E-state index in [4.69, 9.17) is 4.52 Å². The number of thiophene rings is 1. The molecule has 5 aromatic rings. The lowest BCUT2D eigenvalue weighted by Gasteiger charge is -2.11. The second kappa shape index (κ2) is 8.01. The molecule has 7 nitrogen and oxygen atoms in total. The van der Waals surface area contributed by atoms with Crippen molar-refractivity contribution in [1.82, 2.24) is 19.3 Å². The monoisotopic (exact) mass is 448 g/mol. The SMILES string of the molecule is CCc1ccc(-c2noc(Cn3c(=O)n(-c4ccccc4F)c(=O)c4sccc43)n2)cc1. The summed E-state index contributed by atoms with van der Waals surface area (Å²) in [7, 11) is 0. The number of halogens is 1. The van der Waals surface area contributed by atoms with Crippen LogP contribution in [0.4, 0.5) is 4.39 Å². The summed E-state index contributed by atoms with van der Waals surface area (Å²) in [5.41, 5.74) is 1.07. The number of rotatable bonds is 5. The maximum Gasteiger partial charge on any atom is 0.336 e. The molecule has 0 saturated heterocycles. The first kappa shape index (κ1) is 20.1. The molecule has 0 radical (unpaired) electrons. The van der Waals surface area contributed by atoms with Gasteiger partial charge in [0.2, 0.25) is 11.7 Å². The summed E-state index contributed by atoms with van der Waals surface area (Å²) in [6.45, 7) is 2.02. The van der Waals surface area contributed by atoms with Gasteiger partial charge in [0.1, 0.15) is 17.1 Å². The maximum atomic E-state index is 14.4. The predicted molar refractivity (Wildman–Crippen MR) is 120 cm³/mol. The molecule has 0 unspecified atom stereocenters. The third kappa shape index (κ3) is 3.36. The first-order chi connectivity index (χ1) is 15.6. The van der Waals surface area contributed by atoms with Gasteiger partial charge in [-0.25, -0.2) is 13.8 Å². The van der Waals surface area contributed by atoms with E-state index in [0.29, 0.717) is 16.0 Å². The first-order valence-electron chi connectivity index (χ1n) is 9.96. The zero-order valence-electron chi connectivity index (χ0n) is 17.0. The van der Waals surface area contributed by atoms with Gasteiger partial charge in [0, 0.05) is 5.56 Å². The molecule has 160 valence electrons. The van der Waals surface area contributed by atoms with Gasteiger partial charge in [-0.2, -0.15) is 4.98 Å². The van der Waals surface area contributed by atoms with Gasteiger partial charge in [0.25, 0.3) is 5.56 Å². The molecule has 0 atom stereocenters. The molecule has 0 bridgehead atoms. The molecule has 0 spiro atoms. The van der Waals surface area contributed by atoms with Crippen LogP contribution in [0, 0.1) is 5.82 Å². The average molecular weight is 448 g/mol.